The van der Waals surface area contributed by atoms with E-state index in [1.54, 1.807) is 7.05 Å². The molecule has 2 aliphatic rings. The van der Waals surface area contributed by atoms with Crippen molar-refractivity contribution in [2.45, 2.75) is 37.5 Å². The molecule has 2 aliphatic heterocycles. The van der Waals surface area contributed by atoms with E-state index < -0.39 is 0 Å². The molecule has 0 saturated carbocycles. The molecular weight excluding hydrogens is 406 g/mol. The summed E-state index contributed by atoms with van der Waals surface area (Å²) in [5.74, 6) is 1.56. The molecule has 2 aromatic carbocycles. The monoisotopic (exact) mass is 437 g/mol. The normalized spacial score (nSPS) is 21.8. The number of carbonyl (C=O) groups excluding carboxylic acids is 2. The van der Waals surface area contributed by atoms with E-state index in [0.29, 0.717) is 31.8 Å². The van der Waals surface area contributed by atoms with Crippen LogP contribution in [0.25, 0.3) is 0 Å². The average molecular weight is 438 g/mol. The van der Waals surface area contributed by atoms with Crippen LogP contribution in [0, 0.1) is 0 Å². The smallest absolute Gasteiger partial charge is 0.260 e. The molecule has 0 unspecified atom stereocenters. The Kier molecular flexibility index (Phi) is 7.27. The first kappa shape index (κ1) is 22.1. The highest BCUT2D eigenvalue weighted by Gasteiger charge is 2.42. The van der Waals surface area contributed by atoms with Crippen LogP contribution in [0.4, 0.5) is 0 Å². The summed E-state index contributed by atoms with van der Waals surface area (Å²) in [5.41, 5.74) is 0. The lowest BCUT2D eigenvalue weighted by Gasteiger charge is -2.38. The Morgan fingerprint density at radius 2 is 1.59 bits per heavy atom. The molecule has 32 heavy (non-hydrogen) atoms. The molecule has 4 rings (SSSR count). The summed E-state index contributed by atoms with van der Waals surface area (Å²) in [6.45, 7) is 2.10. The zero-order valence-corrected chi connectivity index (χ0v) is 18.5. The minimum atomic E-state index is -0.206. The maximum atomic E-state index is 12.6. The van der Waals surface area contributed by atoms with Gasteiger partial charge in [-0.25, -0.2) is 0 Å². The number of hydrogen-bond acceptors (Lipinski definition) is 5. The van der Waals surface area contributed by atoms with Crippen LogP contribution >= 0.6 is 0 Å². The number of hydrogen-bond donors (Lipinski definition) is 1. The van der Waals surface area contributed by atoms with Crippen molar-refractivity contribution in [1.82, 2.24) is 15.1 Å². The predicted octanol–water partition coefficient (Wildman–Crippen LogP) is 2.32. The Morgan fingerprint density at radius 3 is 2.22 bits per heavy atom. The fraction of sp³-hybridized carbons (Fsp3) is 0.440. The molecule has 7 nitrogen and oxygen atoms in total. The number of para-hydroxylation sites is 2. The Bertz CT molecular complexity index is 885. The van der Waals surface area contributed by atoms with Crippen LogP contribution in [-0.2, 0) is 9.59 Å². The van der Waals surface area contributed by atoms with Gasteiger partial charge in [-0.15, -0.1) is 0 Å². The van der Waals surface area contributed by atoms with E-state index in [4.69, 9.17) is 9.47 Å². The van der Waals surface area contributed by atoms with Crippen LogP contribution in [0.15, 0.2) is 60.7 Å². The fourth-order valence-electron chi connectivity index (χ4n) is 4.63. The second kappa shape index (κ2) is 10.5. The molecule has 2 saturated heterocycles. The predicted molar refractivity (Wildman–Crippen MR) is 122 cm³/mol. The molecule has 170 valence electrons. The number of piperidine rings is 1. The lowest BCUT2D eigenvalue weighted by Crippen LogP contribution is -2.52. The quantitative estimate of drug-likeness (QED) is 0.720. The van der Waals surface area contributed by atoms with Gasteiger partial charge in [0.05, 0.1) is 6.04 Å². The Labute approximate surface area is 189 Å². The molecule has 2 aromatic rings. The van der Waals surface area contributed by atoms with E-state index in [2.05, 4.69) is 10.2 Å². The van der Waals surface area contributed by atoms with Crippen molar-refractivity contribution < 1.29 is 19.1 Å². The van der Waals surface area contributed by atoms with E-state index >= 15 is 0 Å². The van der Waals surface area contributed by atoms with Crippen LogP contribution < -0.4 is 14.8 Å². The summed E-state index contributed by atoms with van der Waals surface area (Å²) < 4.78 is 11.8. The van der Waals surface area contributed by atoms with Crippen molar-refractivity contribution in [2.24, 2.45) is 0 Å². The summed E-state index contributed by atoms with van der Waals surface area (Å²) in [6, 6.07) is 19.2. The largest absolute Gasteiger partial charge is 0.489 e. The van der Waals surface area contributed by atoms with E-state index in [1.165, 1.54) is 0 Å². The van der Waals surface area contributed by atoms with Gasteiger partial charge in [-0.1, -0.05) is 36.4 Å². The van der Waals surface area contributed by atoms with Gasteiger partial charge in [0.15, 0.2) is 6.61 Å². The van der Waals surface area contributed by atoms with E-state index in [9.17, 15) is 9.59 Å². The molecule has 0 aromatic heterocycles. The van der Waals surface area contributed by atoms with E-state index in [-0.39, 0.29) is 36.6 Å². The van der Waals surface area contributed by atoms with Crippen LogP contribution in [0.1, 0.15) is 19.3 Å². The minimum Gasteiger partial charge on any atom is -0.489 e. The third-order valence-corrected chi connectivity index (χ3v) is 6.29. The van der Waals surface area contributed by atoms with Gasteiger partial charge in [0.2, 0.25) is 5.91 Å². The number of amides is 2. The number of carbonyl (C=O) groups is 2. The van der Waals surface area contributed by atoms with Crippen LogP contribution in [0.5, 0.6) is 11.5 Å². The first-order valence-electron chi connectivity index (χ1n) is 11.3. The lowest BCUT2D eigenvalue weighted by atomic mass is 10.0. The number of nitrogens with zero attached hydrogens (tertiary/aromatic N) is 2. The Hall–Kier alpha value is -3.06. The minimum absolute atomic E-state index is 0.00173. The van der Waals surface area contributed by atoms with Gasteiger partial charge in [-0.05, 0) is 37.1 Å². The average Bonchev–Trinajstić information content (AvgIpc) is 3.27. The van der Waals surface area contributed by atoms with Gasteiger partial charge >= 0.3 is 0 Å². The highest BCUT2D eigenvalue weighted by atomic mass is 16.5. The third-order valence-electron chi connectivity index (χ3n) is 6.29. The number of ether oxygens (including phenoxy) is 2. The Balaban J connectivity index is 1.31. The van der Waals surface area contributed by atoms with Gasteiger partial charge in [0.1, 0.15) is 17.6 Å². The number of benzene rings is 2. The molecule has 0 spiro atoms. The molecule has 2 heterocycles. The van der Waals surface area contributed by atoms with Gasteiger partial charge < -0.3 is 19.7 Å². The van der Waals surface area contributed by atoms with Crippen molar-refractivity contribution in [3.63, 3.8) is 0 Å². The van der Waals surface area contributed by atoms with Crippen LogP contribution in [0.2, 0.25) is 0 Å². The van der Waals surface area contributed by atoms with Crippen molar-refractivity contribution in [3.8, 4) is 11.5 Å². The molecule has 0 radical (unpaired) electrons. The van der Waals surface area contributed by atoms with Crippen molar-refractivity contribution >= 4 is 11.8 Å². The second-order valence-corrected chi connectivity index (χ2v) is 8.33. The first-order chi connectivity index (χ1) is 15.6. The van der Waals surface area contributed by atoms with Gasteiger partial charge in [-0.2, -0.15) is 0 Å². The summed E-state index contributed by atoms with van der Waals surface area (Å²) >= 11 is 0. The van der Waals surface area contributed by atoms with Gasteiger partial charge in [-0.3, -0.25) is 14.5 Å². The lowest BCUT2D eigenvalue weighted by molar-refractivity contribution is -0.135. The summed E-state index contributed by atoms with van der Waals surface area (Å²) in [6.07, 6.45) is 2.31. The van der Waals surface area contributed by atoms with E-state index in [0.717, 1.165) is 18.6 Å². The van der Waals surface area contributed by atoms with Crippen molar-refractivity contribution in [1.29, 1.82) is 0 Å². The highest BCUT2D eigenvalue weighted by Crippen LogP contribution is 2.29. The molecule has 7 heteroatoms. The molecular formula is C25H31N3O4. The maximum Gasteiger partial charge on any atom is 0.260 e. The summed E-state index contributed by atoms with van der Waals surface area (Å²) in [7, 11) is 1.68. The molecule has 0 aliphatic carbocycles. The molecule has 2 fully saturated rings. The Morgan fingerprint density at radius 1 is 0.969 bits per heavy atom. The highest BCUT2D eigenvalue weighted by molar-refractivity contribution is 5.82. The SMILES string of the molecule is CNC(=O)[C@@H]1C[C@H](Oc2ccccc2)CN1C1CCN(C(=O)COc2ccccc2)CC1. The standard InChI is InChI=1S/C25H31N3O4/c1-26-25(30)23-16-22(32-21-10-6-3-7-11-21)17-28(23)19-12-14-27(15-13-19)24(29)18-31-20-8-4-2-5-9-20/h2-11,19,22-23H,12-18H2,1H3,(H,26,30)/t22-,23-/m0/s1. The number of rotatable bonds is 7. The molecule has 1 N–H and O–H groups in total. The van der Waals surface area contributed by atoms with E-state index in [1.807, 2.05) is 65.6 Å². The second-order valence-electron chi connectivity index (χ2n) is 8.33. The fourth-order valence-corrected chi connectivity index (χ4v) is 4.63. The maximum absolute atomic E-state index is 12.6. The van der Waals surface area contributed by atoms with Crippen molar-refractivity contribution in [3.05, 3.63) is 60.7 Å². The zero-order chi connectivity index (χ0) is 22.3. The molecule has 0 bridgehead atoms. The summed E-state index contributed by atoms with van der Waals surface area (Å²) in [4.78, 5) is 29.3. The number of nitrogens with one attached hydrogen (secondary N) is 1. The topological polar surface area (TPSA) is 71.1 Å². The van der Waals surface area contributed by atoms with Crippen molar-refractivity contribution in [2.75, 3.05) is 33.3 Å². The number of likely N-dealkylation sites (N-methyl/N-ethyl adjacent to an activating group) is 1. The van der Waals surface area contributed by atoms with Crippen LogP contribution in [0.3, 0.4) is 0 Å². The first-order valence-corrected chi connectivity index (χ1v) is 11.3. The third kappa shape index (κ3) is 5.40. The number of likely N-dealkylation sites (tertiary alicyclic amines) is 2. The molecule has 2 amide bonds. The zero-order valence-electron chi connectivity index (χ0n) is 18.5. The van der Waals surface area contributed by atoms with Gasteiger partial charge in [0.25, 0.3) is 5.91 Å². The summed E-state index contributed by atoms with van der Waals surface area (Å²) in [5, 5.41) is 2.80. The van der Waals surface area contributed by atoms with Crippen LogP contribution in [-0.4, -0.2) is 73.1 Å². The molecule has 2 atom stereocenters. The van der Waals surface area contributed by atoms with Gasteiger partial charge in [0, 0.05) is 39.1 Å².